The molecule has 40 heavy (non-hydrogen) atoms. The van der Waals surface area contributed by atoms with Crippen LogP contribution in [0, 0.1) is 19.8 Å². The number of aryl methyl sites for hydroxylation is 2. The van der Waals surface area contributed by atoms with Gasteiger partial charge in [0, 0.05) is 34.4 Å². The van der Waals surface area contributed by atoms with Crippen molar-refractivity contribution in [3.63, 3.8) is 0 Å². The van der Waals surface area contributed by atoms with Crippen LogP contribution >= 0.6 is 0 Å². The monoisotopic (exact) mass is 514 g/mol. The molecule has 0 radical (unpaired) electrons. The predicted octanol–water partition coefficient (Wildman–Crippen LogP) is 9.12. The maximum atomic E-state index is 4.80. The first-order valence-electron chi connectivity index (χ1n) is 13.9. The largest absolute Gasteiger partial charge is 0.253 e. The molecule has 2 nitrogen and oxygen atoms in total. The van der Waals surface area contributed by atoms with Crippen LogP contribution in [0.5, 0.6) is 0 Å². The van der Waals surface area contributed by atoms with Crippen LogP contribution in [-0.2, 0) is 0 Å². The number of benzene rings is 3. The van der Waals surface area contributed by atoms with E-state index in [0.29, 0.717) is 0 Å². The first kappa shape index (κ1) is 24.2. The molecule has 0 N–H and O–H groups in total. The minimum Gasteiger partial charge on any atom is -0.253 e. The van der Waals surface area contributed by atoms with Crippen LogP contribution in [0.4, 0.5) is 0 Å². The van der Waals surface area contributed by atoms with Crippen molar-refractivity contribution in [3.8, 4) is 22.5 Å². The lowest BCUT2D eigenvalue weighted by atomic mass is 9.66. The summed E-state index contributed by atoms with van der Waals surface area (Å²) in [6, 6.07) is 39.2. The van der Waals surface area contributed by atoms with E-state index in [4.69, 9.17) is 9.97 Å². The number of pyridine rings is 2. The fourth-order valence-electron chi connectivity index (χ4n) is 6.26. The number of hydrogen-bond acceptors (Lipinski definition) is 2. The van der Waals surface area contributed by atoms with E-state index in [1.165, 1.54) is 33.4 Å². The quantitative estimate of drug-likeness (QED) is 0.239. The highest BCUT2D eigenvalue weighted by Crippen LogP contribution is 2.50. The van der Waals surface area contributed by atoms with Gasteiger partial charge in [0.05, 0.1) is 11.4 Å². The van der Waals surface area contributed by atoms with Crippen LogP contribution in [0.15, 0.2) is 139 Å². The van der Waals surface area contributed by atoms with E-state index in [0.717, 1.165) is 33.9 Å². The molecule has 0 saturated heterocycles. The van der Waals surface area contributed by atoms with Gasteiger partial charge in [-0.15, -0.1) is 0 Å². The number of fused-ring (bicyclic) bond motifs is 2. The smallest absolute Gasteiger partial charge is 0.0705 e. The Labute approximate surface area is 236 Å². The average Bonchev–Trinajstić information content (AvgIpc) is 3.00. The third-order valence-electron chi connectivity index (χ3n) is 8.07. The Morgan fingerprint density at radius 3 is 2.00 bits per heavy atom. The second-order valence-electron chi connectivity index (χ2n) is 10.7. The molecule has 2 heterocycles. The normalized spacial score (nSPS) is 17.4. The van der Waals surface area contributed by atoms with Gasteiger partial charge < -0.3 is 0 Å². The highest BCUT2D eigenvalue weighted by molar-refractivity contribution is 5.89. The molecule has 0 spiro atoms. The molecule has 2 atom stereocenters. The Kier molecular flexibility index (Phi) is 6.09. The topological polar surface area (TPSA) is 25.8 Å². The van der Waals surface area contributed by atoms with E-state index in [2.05, 4.69) is 121 Å². The van der Waals surface area contributed by atoms with Gasteiger partial charge in [-0.3, -0.25) is 9.97 Å². The summed E-state index contributed by atoms with van der Waals surface area (Å²) in [4.78, 5) is 9.53. The van der Waals surface area contributed by atoms with Crippen molar-refractivity contribution in [2.24, 2.45) is 5.92 Å². The second-order valence-corrected chi connectivity index (χ2v) is 10.7. The average molecular weight is 515 g/mol. The SMILES string of the molecule is Cc1cccc(-c2ccc(C3c4ccccc4C(c4cccc(-c5cccc(C)n5)c4)=C4C=CC=CC43)cc2)n1. The van der Waals surface area contributed by atoms with Crippen molar-refractivity contribution in [2.75, 3.05) is 0 Å². The van der Waals surface area contributed by atoms with Crippen LogP contribution in [0.2, 0.25) is 0 Å². The molecule has 0 amide bonds. The van der Waals surface area contributed by atoms with E-state index >= 15 is 0 Å². The van der Waals surface area contributed by atoms with Crippen LogP contribution < -0.4 is 0 Å². The Hall–Kier alpha value is -4.82. The Bertz CT molecular complexity index is 1820. The number of rotatable bonds is 4. The summed E-state index contributed by atoms with van der Waals surface area (Å²) in [6.45, 7) is 4.08. The summed E-state index contributed by atoms with van der Waals surface area (Å²) in [7, 11) is 0. The van der Waals surface area contributed by atoms with Gasteiger partial charge in [-0.05, 0) is 77.6 Å². The molecule has 2 aromatic heterocycles. The van der Waals surface area contributed by atoms with E-state index in [1.54, 1.807) is 0 Å². The molecule has 0 aliphatic heterocycles. The summed E-state index contributed by atoms with van der Waals surface area (Å²) in [5.41, 5.74) is 14.3. The van der Waals surface area contributed by atoms with Crippen LogP contribution in [0.25, 0.3) is 28.1 Å². The molecule has 2 heteroatoms. The van der Waals surface area contributed by atoms with Crippen molar-refractivity contribution in [2.45, 2.75) is 19.8 Å². The van der Waals surface area contributed by atoms with Crippen LogP contribution in [-0.4, -0.2) is 9.97 Å². The molecular formula is C38H30N2. The van der Waals surface area contributed by atoms with E-state index in [1.807, 2.05) is 26.0 Å². The first-order valence-corrected chi connectivity index (χ1v) is 13.9. The van der Waals surface area contributed by atoms with Gasteiger partial charge in [0.1, 0.15) is 0 Å². The van der Waals surface area contributed by atoms with Gasteiger partial charge in [0.15, 0.2) is 0 Å². The highest BCUT2D eigenvalue weighted by Gasteiger charge is 2.35. The third-order valence-corrected chi connectivity index (χ3v) is 8.07. The van der Waals surface area contributed by atoms with Crippen molar-refractivity contribution >= 4 is 5.57 Å². The number of hydrogen-bond donors (Lipinski definition) is 0. The van der Waals surface area contributed by atoms with Crippen LogP contribution in [0.1, 0.15) is 39.6 Å². The Balaban J connectivity index is 1.35. The Morgan fingerprint density at radius 2 is 1.25 bits per heavy atom. The third kappa shape index (κ3) is 4.32. The molecule has 7 rings (SSSR count). The molecule has 2 aliphatic rings. The minimum absolute atomic E-state index is 0.234. The van der Waals surface area contributed by atoms with Crippen molar-refractivity contribution in [1.29, 1.82) is 0 Å². The molecule has 2 aliphatic carbocycles. The predicted molar refractivity (Wildman–Crippen MR) is 165 cm³/mol. The van der Waals surface area contributed by atoms with Gasteiger partial charge in [-0.2, -0.15) is 0 Å². The zero-order valence-electron chi connectivity index (χ0n) is 22.8. The summed E-state index contributed by atoms with van der Waals surface area (Å²) in [6.07, 6.45) is 9.06. The van der Waals surface area contributed by atoms with E-state index < -0.39 is 0 Å². The van der Waals surface area contributed by atoms with E-state index in [9.17, 15) is 0 Å². The van der Waals surface area contributed by atoms with Gasteiger partial charge in [-0.1, -0.05) is 103 Å². The number of nitrogens with zero attached hydrogens (tertiary/aromatic N) is 2. The Morgan fingerprint density at radius 1 is 0.575 bits per heavy atom. The first-order chi connectivity index (χ1) is 19.7. The molecule has 5 aromatic rings. The fraction of sp³-hybridized carbons (Fsp3) is 0.105. The number of allylic oxidation sites excluding steroid dienone is 5. The molecule has 0 fully saturated rings. The van der Waals surface area contributed by atoms with Crippen molar-refractivity contribution in [1.82, 2.24) is 9.97 Å². The van der Waals surface area contributed by atoms with Crippen molar-refractivity contribution in [3.05, 3.63) is 173 Å². The summed E-state index contributed by atoms with van der Waals surface area (Å²) >= 11 is 0. The second kappa shape index (κ2) is 10.1. The maximum Gasteiger partial charge on any atom is 0.0705 e. The molecular weight excluding hydrogens is 484 g/mol. The lowest BCUT2D eigenvalue weighted by Gasteiger charge is -2.37. The summed E-state index contributed by atoms with van der Waals surface area (Å²) < 4.78 is 0. The molecule has 3 aromatic carbocycles. The summed E-state index contributed by atoms with van der Waals surface area (Å²) in [5, 5.41) is 0. The van der Waals surface area contributed by atoms with Gasteiger partial charge >= 0.3 is 0 Å². The van der Waals surface area contributed by atoms with Crippen molar-refractivity contribution < 1.29 is 0 Å². The standard InChI is InChI=1S/C38H30N2/c1-25-10-7-18-35(39-25)27-20-22-28(23-21-27)37-31-14-3-5-16-33(31)38(34-17-6-4-15-32(34)37)30-13-9-12-29(24-30)36-19-8-11-26(2)40-36/h3-24,31,37H,1-2H3. The summed E-state index contributed by atoms with van der Waals surface area (Å²) in [5.74, 6) is 0.482. The maximum absolute atomic E-state index is 4.80. The zero-order chi connectivity index (χ0) is 27.1. The fourth-order valence-corrected chi connectivity index (χ4v) is 6.26. The van der Waals surface area contributed by atoms with Gasteiger partial charge in [0.25, 0.3) is 0 Å². The minimum atomic E-state index is 0.234. The number of aromatic nitrogens is 2. The molecule has 2 unspecified atom stereocenters. The zero-order valence-corrected chi connectivity index (χ0v) is 22.8. The van der Waals surface area contributed by atoms with Gasteiger partial charge in [-0.25, -0.2) is 0 Å². The molecule has 0 saturated carbocycles. The lowest BCUT2D eigenvalue weighted by Crippen LogP contribution is -2.22. The molecule has 0 bridgehead atoms. The van der Waals surface area contributed by atoms with Crippen LogP contribution in [0.3, 0.4) is 0 Å². The van der Waals surface area contributed by atoms with E-state index in [-0.39, 0.29) is 11.8 Å². The lowest BCUT2D eigenvalue weighted by molar-refractivity contribution is 0.649. The molecule has 192 valence electrons. The van der Waals surface area contributed by atoms with Gasteiger partial charge in [0.2, 0.25) is 0 Å². The highest BCUT2D eigenvalue weighted by atomic mass is 14.7.